The van der Waals surface area contributed by atoms with Crippen LogP contribution in [-0.4, -0.2) is 32.1 Å². The number of carbonyl (C=O) groups excluding carboxylic acids is 3. The Morgan fingerprint density at radius 3 is 1.96 bits per heavy atom. The minimum atomic E-state index is -0.624. The molecule has 0 saturated carbocycles. The monoisotopic (exact) mass is 339 g/mol. The normalized spacial score (nSPS) is 10.3. The summed E-state index contributed by atoms with van der Waals surface area (Å²) in [5.74, 6) is -1.65. The summed E-state index contributed by atoms with van der Waals surface area (Å²) in [6.45, 7) is 0. The number of methoxy groups -OCH3 is 2. The third-order valence-corrected chi connectivity index (χ3v) is 3.27. The number of benzene rings is 2. The fourth-order valence-electron chi connectivity index (χ4n) is 2.09. The molecule has 0 aliphatic heterocycles. The molecular formula is C19H17NO5. The van der Waals surface area contributed by atoms with Crippen molar-refractivity contribution in [3.63, 3.8) is 0 Å². The van der Waals surface area contributed by atoms with Crippen molar-refractivity contribution in [2.45, 2.75) is 0 Å². The molecule has 0 unspecified atom stereocenters. The Morgan fingerprint density at radius 2 is 1.44 bits per heavy atom. The summed E-state index contributed by atoms with van der Waals surface area (Å²) >= 11 is 0. The van der Waals surface area contributed by atoms with E-state index < -0.39 is 17.8 Å². The van der Waals surface area contributed by atoms with E-state index in [2.05, 4.69) is 14.8 Å². The van der Waals surface area contributed by atoms with Gasteiger partial charge in [0.2, 0.25) is 5.91 Å². The van der Waals surface area contributed by atoms with Crippen molar-refractivity contribution in [3.8, 4) is 0 Å². The van der Waals surface area contributed by atoms with Gasteiger partial charge < -0.3 is 14.8 Å². The number of nitrogens with one attached hydrogen (secondary N) is 1. The maximum atomic E-state index is 12.1. The van der Waals surface area contributed by atoms with Crippen molar-refractivity contribution < 1.29 is 23.9 Å². The van der Waals surface area contributed by atoms with Gasteiger partial charge in [0.05, 0.1) is 25.3 Å². The molecule has 25 heavy (non-hydrogen) atoms. The SMILES string of the molecule is COC(=O)c1cc(NC(=O)C=Cc2ccccc2)cc(C(=O)OC)c1. The zero-order valence-corrected chi connectivity index (χ0v) is 13.8. The lowest BCUT2D eigenvalue weighted by molar-refractivity contribution is -0.111. The summed E-state index contributed by atoms with van der Waals surface area (Å²) in [6, 6.07) is 13.5. The van der Waals surface area contributed by atoms with E-state index in [9.17, 15) is 14.4 Å². The van der Waals surface area contributed by atoms with Crippen molar-refractivity contribution in [2.75, 3.05) is 19.5 Å². The van der Waals surface area contributed by atoms with Gasteiger partial charge in [-0.1, -0.05) is 30.3 Å². The van der Waals surface area contributed by atoms with Gasteiger partial charge in [-0.15, -0.1) is 0 Å². The fourth-order valence-corrected chi connectivity index (χ4v) is 2.09. The first-order valence-corrected chi connectivity index (χ1v) is 7.39. The topological polar surface area (TPSA) is 81.7 Å². The number of amides is 1. The average Bonchev–Trinajstić information content (AvgIpc) is 2.65. The summed E-state index contributed by atoms with van der Waals surface area (Å²) in [7, 11) is 2.46. The minimum Gasteiger partial charge on any atom is -0.465 e. The molecule has 0 heterocycles. The summed E-state index contributed by atoms with van der Waals surface area (Å²) in [5, 5.41) is 2.61. The molecule has 0 radical (unpaired) electrons. The molecule has 1 amide bonds. The van der Waals surface area contributed by atoms with Gasteiger partial charge in [-0.2, -0.15) is 0 Å². The van der Waals surface area contributed by atoms with Crippen LogP contribution in [0.1, 0.15) is 26.3 Å². The van der Waals surface area contributed by atoms with Gasteiger partial charge in [-0.05, 0) is 29.8 Å². The van der Waals surface area contributed by atoms with Crippen LogP contribution in [0.2, 0.25) is 0 Å². The molecule has 2 rings (SSSR count). The minimum absolute atomic E-state index is 0.132. The maximum absolute atomic E-state index is 12.1. The Kier molecular flexibility index (Phi) is 6.06. The number of esters is 2. The Balaban J connectivity index is 2.22. The number of carbonyl (C=O) groups is 3. The van der Waals surface area contributed by atoms with E-state index in [1.807, 2.05) is 30.3 Å². The molecule has 2 aromatic carbocycles. The smallest absolute Gasteiger partial charge is 0.337 e. The predicted molar refractivity (Wildman–Crippen MR) is 93.2 cm³/mol. The summed E-state index contributed by atoms with van der Waals surface area (Å²) in [5.41, 5.74) is 1.42. The molecule has 1 N–H and O–H groups in total. The van der Waals surface area contributed by atoms with Crippen molar-refractivity contribution >= 4 is 29.6 Å². The van der Waals surface area contributed by atoms with Crippen LogP contribution < -0.4 is 5.32 Å². The number of rotatable bonds is 5. The van der Waals surface area contributed by atoms with Gasteiger partial charge in [0.25, 0.3) is 0 Å². The van der Waals surface area contributed by atoms with E-state index in [4.69, 9.17) is 0 Å². The highest BCUT2D eigenvalue weighted by molar-refractivity contribution is 6.04. The molecule has 0 aromatic heterocycles. The molecule has 6 nitrogen and oxygen atoms in total. The molecule has 128 valence electrons. The van der Waals surface area contributed by atoms with Crippen molar-refractivity contribution in [1.82, 2.24) is 0 Å². The highest BCUT2D eigenvalue weighted by Crippen LogP contribution is 2.17. The Labute approximate surface area is 145 Å². The van der Waals surface area contributed by atoms with E-state index in [0.29, 0.717) is 0 Å². The molecule has 0 fully saturated rings. The van der Waals surface area contributed by atoms with Crippen molar-refractivity contribution in [3.05, 3.63) is 71.3 Å². The van der Waals surface area contributed by atoms with Crippen LogP contribution >= 0.6 is 0 Å². The molecule has 0 spiro atoms. The average molecular weight is 339 g/mol. The van der Waals surface area contributed by atoms with Gasteiger partial charge in [0, 0.05) is 11.8 Å². The highest BCUT2D eigenvalue weighted by Gasteiger charge is 2.14. The number of hydrogen-bond acceptors (Lipinski definition) is 5. The predicted octanol–water partition coefficient (Wildman–Crippen LogP) is 2.91. The van der Waals surface area contributed by atoms with Gasteiger partial charge in [-0.25, -0.2) is 9.59 Å². The molecular weight excluding hydrogens is 322 g/mol. The quantitative estimate of drug-likeness (QED) is 0.669. The highest BCUT2D eigenvalue weighted by atomic mass is 16.5. The lowest BCUT2D eigenvalue weighted by atomic mass is 10.1. The van der Waals surface area contributed by atoms with E-state index >= 15 is 0 Å². The van der Waals surface area contributed by atoms with E-state index in [-0.39, 0.29) is 16.8 Å². The number of hydrogen-bond donors (Lipinski definition) is 1. The van der Waals surface area contributed by atoms with E-state index in [1.54, 1.807) is 6.08 Å². The Bertz CT molecular complexity index is 778. The zero-order chi connectivity index (χ0) is 18.2. The number of ether oxygens (including phenoxy) is 2. The molecule has 2 aromatic rings. The van der Waals surface area contributed by atoms with Crippen LogP contribution in [0.3, 0.4) is 0 Å². The third kappa shape index (κ3) is 5.04. The van der Waals surface area contributed by atoms with E-state index in [1.165, 1.54) is 38.5 Å². The second-order valence-corrected chi connectivity index (χ2v) is 5.02. The van der Waals surface area contributed by atoms with E-state index in [0.717, 1.165) is 5.56 Å². The first-order valence-electron chi connectivity index (χ1n) is 7.39. The third-order valence-electron chi connectivity index (χ3n) is 3.27. The summed E-state index contributed by atoms with van der Waals surface area (Å²) in [4.78, 5) is 35.5. The van der Waals surface area contributed by atoms with Crippen LogP contribution in [0.5, 0.6) is 0 Å². The lowest BCUT2D eigenvalue weighted by Gasteiger charge is -2.08. The molecule has 0 aliphatic rings. The maximum Gasteiger partial charge on any atom is 0.337 e. The summed E-state index contributed by atoms with van der Waals surface area (Å²) < 4.78 is 9.30. The lowest BCUT2D eigenvalue weighted by Crippen LogP contribution is -2.12. The molecule has 0 atom stereocenters. The van der Waals surface area contributed by atoms with Gasteiger partial charge >= 0.3 is 11.9 Å². The van der Waals surface area contributed by atoms with Gasteiger partial charge in [-0.3, -0.25) is 4.79 Å². The zero-order valence-electron chi connectivity index (χ0n) is 13.8. The van der Waals surface area contributed by atoms with Crippen molar-refractivity contribution in [1.29, 1.82) is 0 Å². The van der Waals surface area contributed by atoms with Crippen LogP contribution in [0.25, 0.3) is 6.08 Å². The Morgan fingerprint density at radius 1 is 0.880 bits per heavy atom. The Hall–Kier alpha value is -3.41. The fraction of sp³-hybridized carbons (Fsp3) is 0.105. The molecule has 0 saturated heterocycles. The van der Waals surface area contributed by atoms with Crippen LogP contribution in [0, 0.1) is 0 Å². The largest absolute Gasteiger partial charge is 0.465 e. The van der Waals surface area contributed by atoms with Gasteiger partial charge in [0.1, 0.15) is 0 Å². The molecule has 0 aliphatic carbocycles. The molecule has 6 heteroatoms. The summed E-state index contributed by atoms with van der Waals surface area (Å²) in [6.07, 6.45) is 3.01. The van der Waals surface area contributed by atoms with Crippen LogP contribution in [0.15, 0.2) is 54.6 Å². The van der Waals surface area contributed by atoms with Gasteiger partial charge in [0.15, 0.2) is 0 Å². The number of anilines is 1. The standard InChI is InChI=1S/C19H17NO5/c1-24-18(22)14-10-15(19(23)25-2)12-16(11-14)20-17(21)9-8-13-6-4-3-5-7-13/h3-12H,1-2H3,(H,20,21). The molecule has 0 bridgehead atoms. The second-order valence-electron chi connectivity index (χ2n) is 5.02. The first kappa shape index (κ1) is 17.9. The first-order chi connectivity index (χ1) is 12.0. The second kappa shape index (κ2) is 8.44. The van der Waals surface area contributed by atoms with Crippen molar-refractivity contribution in [2.24, 2.45) is 0 Å². The van der Waals surface area contributed by atoms with Crippen LogP contribution in [-0.2, 0) is 14.3 Å². The van der Waals surface area contributed by atoms with Crippen LogP contribution in [0.4, 0.5) is 5.69 Å².